The highest BCUT2D eigenvalue weighted by atomic mass is 32.2. The van der Waals surface area contributed by atoms with Gasteiger partial charge >= 0.3 is 0 Å². The fourth-order valence-corrected chi connectivity index (χ4v) is 4.13. The highest BCUT2D eigenvalue weighted by molar-refractivity contribution is 7.99. The molecule has 1 nitrogen and oxygen atoms in total. The van der Waals surface area contributed by atoms with Crippen LogP contribution in [-0.4, -0.2) is 29.8 Å². The van der Waals surface area contributed by atoms with Crippen molar-refractivity contribution in [1.82, 2.24) is 4.90 Å². The van der Waals surface area contributed by atoms with E-state index in [9.17, 15) is 0 Å². The third-order valence-electron chi connectivity index (χ3n) is 4.12. The van der Waals surface area contributed by atoms with Gasteiger partial charge in [-0.3, -0.25) is 4.90 Å². The van der Waals surface area contributed by atoms with Gasteiger partial charge in [0.1, 0.15) is 0 Å². The van der Waals surface area contributed by atoms with E-state index in [-0.39, 0.29) is 0 Å². The van der Waals surface area contributed by atoms with Crippen LogP contribution in [-0.2, 0) is 0 Å². The minimum absolute atomic E-state index is 0.767. The van der Waals surface area contributed by atoms with Crippen molar-refractivity contribution in [2.45, 2.75) is 49.5 Å². The Hall–Kier alpha value is -0.470. The summed E-state index contributed by atoms with van der Waals surface area (Å²) >= 11 is 2.05. The third-order valence-corrected chi connectivity index (χ3v) is 5.37. The zero-order valence-electron chi connectivity index (χ0n) is 11.3. The summed E-state index contributed by atoms with van der Waals surface area (Å²) in [6.07, 6.45) is 5.55. The van der Waals surface area contributed by atoms with Crippen LogP contribution in [0.1, 0.15) is 44.1 Å². The molecule has 1 fully saturated rings. The lowest BCUT2D eigenvalue weighted by atomic mass is 10.0. The summed E-state index contributed by atoms with van der Waals surface area (Å²) in [5.74, 6) is 2.05. The standard InChI is InChI=1S/C16H23NS/c1-2-3-10-17(14-8-9-14)11-13-12-18-16-7-5-4-6-15(13)16/h4-7,13-14H,2-3,8-12H2,1H3. The maximum absolute atomic E-state index is 2.76. The molecule has 0 saturated heterocycles. The second kappa shape index (κ2) is 5.66. The van der Waals surface area contributed by atoms with E-state index in [0.29, 0.717) is 0 Å². The quantitative estimate of drug-likeness (QED) is 0.757. The molecule has 3 rings (SSSR count). The topological polar surface area (TPSA) is 3.24 Å². The van der Waals surface area contributed by atoms with E-state index < -0.39 is 0 Å². The molecule has 0 radical (unpaired) electrons. The largest absolute Gasteiger partial charge is 0.300 e. The van der Waals surface area contributed by atoms with Crippen LogP contribution in [0.4, 0.5) is 0 Å². The van der Waals surface area contributed by atoms with Gasteiger partial charge in [0.05, 0.1) is 0 Å². The number of unbranched alkanes of at least 4 members (excludes halogenated alkanes) is 1. The average molecular weight is 261 g/mol. The molecule has 0 amide bonds. The second-order valence-electron chi connectivity index (χ2n) is 5.63. The van der Waals surface area contributed by atoms with Crippen LogP contribution in [0.15, 0.2) is 29.2 Å². The van der Waals surface area contributed by atoms with Crippen molar-refractivity contribution in [2.75, 3.05) is 18.8 Å². The van der Waals surface area contributed by atoms with Crippen molar-refractivity contribution in [1.29, 1.82) is 0 Å². The summed E-state index contributed by atoms with van der Waals surface area (Å²) in [6.45, 7) is 4.89. The summed E-state index contributed by atoms with van der Waals surface area (Å²) < 4.78 is 0. The van der Waals surface area contributed by atoms with Gasteiger partial charge in [-0.15, -0.1) is 11.8 Å². The molecule has 0 aromatic heterocycles. The highest BCUT2D eigenvalue weighted by Crippen LogP contribution is 2.41. The Morgan fingerprint density at radius 2 is 2.11 bits per heavy atom. The predicted octanol–water partition coefficient (Wildman–Crippen LogP) is 4.14. The molecule has 1 saturated carbocycles. The van der Waals surface area contributed by atoms with E-state index >= 15 is 0 Å². The molecule has 2 heteroatoms. The first-order valence-electron chi connectivity index (χ1n) is 7.34. The van der Waals surface area contributed by atoms with Gasteiger partial charge in [-0.1, -0.05) is 31.5 Å². The maximum Gasteiger partial charge on any atom is 0.0108 e. The fraction of sp³-hybridized carbons (Fsp3) is 0.625. The number of fused-ring (bicyclic) bond motifs is 1. The van der Waals surface area contributed by atoms with Gasteiger partial charge in [-0.2, -0.15) is 0 Å². The molecule has 2 aliphatic rings. The zero-order valence-corrected chi connectivity index (χ0v) is 12.1. The molecule has 1 heterocycles. The average Bonchev–Trinajstić information content (AvgIpc) is 3.17. The van der Waals surface area contributed by atoms with E-state index in [1.54, 1.807) is 5.56 Å². The van der Waals surface area contributed by atoms with Crippen molar-refractivity contribution in [3.05, 3.63) is 29.8 Å². The van der Waals surface area contributed by atoms with Crippen LogP contribution in [0.2, 0.25) is 0 Å². The van der Waals surface area contributed by atoms with Crippen LogP contribution in [0, 0.1) is 0 Å². The van der Waals surface area contributed by atoms with E-state index in [2.05, 4.69) is 36.1 Å². The lowest BCUT2D eigenvalue weighted by Crippen LogP contribution is -2.31. The van der Waals surface area contributed by atoms with Crippen LogP contribution in [0.25, 0.3) is 0 Å². The molecule has 0 spiro atoms. The summed E-state index contributed by atoms with van der Waals surface area (Å²) in [7, 11) is 0. The van der Waals surface area contributed by atoms with Gasteiger partial charge in [-0.25, -0.2) is 0 Å². The van der Waals surface area contributed by atoms with E-state index in [0.717, 1.165) is 12.0 Å². The van der Waals surface area contributed by atoms with Crippen molar-refractivity contribution < 1.29 is 0 Å². The SMILES string of the molecule is CCCCN(CC1CSc2ccccc21)C1CC1. The minimum atomic E-state index is 0.767. The Kier molecular flexibility index (Phi) is 3.95. The van der Waals surface area contributed by atoms with Gasteiger partial charge in [0, 0.05) is 29.2 Å². The Bertz CT molecular complexity index is 400. The van der Waals surface area contributed by atoms with Crippen LogP contribution < -0.4 is 0 Å². The van der Waals surface area contributed by atoms with E-state index in [1.165, 1.54) is 49.4 Å². The van der Waals surface area contributed by atoms with Crippen LogP contribution in [0.3, 0.4) is 0 Å². The zero-order chi connectivity index (χ0) is 12.4. The fourth-order valence-electron chi connectivity index (χ4n) is 2.89. The first-order chi connectivity index (χ1) is 8.88. The molecule has 1 atom stereocenters. The van der Waals surface area contributed by atoms with Gasteiger partial charge in [0.15, 0.2) is 0 Å². The molecule has 0 N–H and O–H groups in total. The third kappa shape index (κ3) is 2.75. The molecule has 1 aliphatic carbocycles. The van der Waals surface area contributed by atoms with Crippen molar-refractivity contribution >= 4 is 11.8 Å². The molecule has 1 aliphatic heterocycles. The lowest BCUT2D eigenvalue weighted by molar-refractivity contribution is 0.248. The highest BCUT2D eigenvalue weighted by Gasteiger charge is 2.32. The lowest BCUT2D eigenvalue weighted by Gasteiger charge is -2.25. The van der Waals surface area contributed by atoms with Crippen molar-refractivity contribution in [2.24, 2.45) is 0 Å². The molecule has 0 bridgehead atoms. The summed E-state index contributed by atoms with van der Waals surface area (Å²) in [4.78, 5) is 4.28. The number of hydrogen-bond donors (Lipinski definition) is 0. The Morgan fingerprint density at radius 1 is 1.28 bits per heavy atom. The van der Waals surface area contributed by atoms with Crippen LogP contribution >= 0.6 is 11.8 Å². The molecule has 18 heavy (non-hydrogen) atoms. The molecular weight excluding hydrogens is 238 g/mol. The maximum atomic E-state index is 2.76. The summed E-state index contributed by atoms with van der Waals surface area (Å²) in [5.41, 5.74) is 1.60. The number of hydrogen-bond acceptors (Lipinski definition) is 2. The molecule has 1 unspecified atom stereocenters. The Balaban J connectivity index is 1.65. The summed E-state index contributed by atoms with van der Waals surface area (Å²) in [6, 6.07) is 9.91. The number of nitrogens with zero attached hydrogens (tertiary/aromatic N) is 1. The molecular formula is C16H23NS. The van der Waals surface area contributed by atoms with E-state index in [4.69, 9.17) is 0 Å². The number of benzene rings is 1. The smallest absolute Gasteiger partial charge is 0.0108 e. The molecule has 1 aromatic carbocycles. The van der Waals surface area contributed by atoms with Crippen LogP contribution in [0.5, 0.6) is 0 Å². The van der Waals surface area contributed by atoms with Gasteiger partial charge in [0.2, 0.25) is 0 Å². The minimum Gasteiger partial charge on any atom is -0.300 e. The van der Waals surface area contributed by atoms with Gasteiger partial charge in [-0.05, 0) is 37.4 Å². The van der Waals surface area contributed by atoms with Gasteiger partial charge in [0.25, 0.3) is 0 Å². The normalized spacial score (nSPS) is 22.4. The van der Waals surface area contributed by atoms with E-state index in [1.807, 2.05) is 11.8 Å². The Morgan fingerprint density at radius 3 is 2.89 bits per heavy atom. The van der Waals surface area contributed by atoms with Gasteiger partial charge < -0.3 is 0 Å². The summed E-state index contributed by atoms with van der Waals surface area (Å²) in [5, 5.41) is 0. The van der Waals surface area contributed by atoms with Crippen molar-refractivity contribution in [3.63, 3.8) is 0 Å². The first-order valence-corrected chi connectivity index (χ1v) is 8.33. The van der Waals surface area contributed by atoms with Crippen molar-refractivity contribution in [3.8, 4) is 0 Å². The number of rotatable bonds is 6. The molecule has 98 valence electrons. The number of thioether (sulfide) groups is 1. The monoisotopic (exact) mass is 261 g/mol. The molecule has 1 aromatic rings. The first kappa shape index (κ1) is 12.6. The Labute approximate surface area is 115 Å². The second-order valence-corrected chi connectivity index (χ2v) is 6.69. The predicted molar refractivity (Wildman–Crippen MR) is 79.4 cm³/mol.